The monoisotopic (exact) mass is 575 g/mol. The molecule has 0 atom stereocenters. The van der Waals surface area contributed by atoms with E-state index in [1.165, 1.54) is 17.6 Å². The van der Waals surface area contributed by atoms with Gasteiger partial charge in [-0.05, 0) is 31.5 Å². The highest BCUT2D eigenvalue weighted by atomic mass is 32.2. The first kappa shape index (κ1) is 28.7. The van der Waals surface area contributed by atoms with Gasteiger partial charge in [-0.15, -0.1) is 0 Å². The van der Waals surface area contributed by atoms with Gasteiger partial charge in [0.1, 0.15) is 16.5 Å². The van der Waals surface area contributed by atoms with E-state index < -0.39 is 15.8 Å². The number of benzene rings is 1. The van der Waals surface area contributed by atoms with Gasteiger partial charge < -0.3 is 20.1 Å². The molecule has 1 aliphatic rings. The molecule has 0 aliphatic carbocycles. The van der Waals surface area contributed by atoms with Crippen LogP contribution in [0.4, 0.5) is 22.7 Å². The fraction of sp³-hybridized carbons (Fsp3) is 0.440. The van der Waals surface area contributed by atoms with Crippen LogP contribution >= 0.6 is 11.3 Å². The molecule has 0 saturated carbocycles. The van der Waals surface area contributed by atoms with E-state index in [0.29, 0.717) is 40.6 Å². The predicted molar refractivity (Wildman–Crippen MR) is 151 cm³/mol. The van der Waals surface area contributed by atoms with Gasteiger partial charge in [-0.1, -0.05) is 23.5 Å². The maximum absolute atomic E-state index is 12.2. The van der Waals surface area contributed by atoms with Crippen LogP contribution in [0.1, 0.15) is 27.9 Å². The van der Waals surface area contributed by atoms with Crippen LogP contribution in [0.5, 0.6) is 0 Å². The molecule has 39 heavy (non-hydrogen) atoms. The lowest BCUT2D eigenvalue weighted by atomic mass is 10.2. The van der Waals surface area contributed by atoms with Crippen molar-refractivity contribution in [1.82, 2.24) is 19.9 Å². The van der Waals surface area contributed by atoms with E-state index in [4.69, 9.17) is 9.72 Å². The lowest BCUT2D eigenvalue weighted by molar-refractivity contribution is 0.0531. The maximum Gasteiger partial charge on any atom is 0.350 e. The number of piperazine rings is 1. The Kier molecular flexibility index (Phi) is 9.32. The van der Waals surface area contributed by atoms with Crippen LogP contribution in [-0.4, -0.2) is 91.5 Å². The zero-order chi connectivity index (χ0) is 28.0. The molecule has 3 heterocycles. The third-order valence-electron chi connectivity index (χ3n) is 6.13. The van der Waals surface area contributed by atoms with E-state index in [0.717, 1.165) is 37.6 Å². The molecular formula is C25H33N7O5S2. The Balaban J connectivity index is 1.55. The molecular weight excluding hydrogens is 542 g/mol. The molecule has 3 aromatic rings. The van der Waals surface area contributed by atoms with Crippen molar-refractivity contribution in [1.29, 1.82) is 0 Å². The van der Waals surface area contributed by atoms with E-state index >= 15 is 0 Å². The summed E-state index contributed by atoms with van der Waals surface area (Å²) in [4.78, 5) is 31.1. The number of aryl methyl sites for hydroxylation is 1. The van der Waals surface area contributed by atoms with Crippen molar-refractivity contribution in [3.8, 4) is 0 Å². The molecule has 0 spiro atoms. The van der Waals surface area contributed by atoms with Gasteiger partial charge in [0.25, 0.3) is 0 Å². The highest BCUT2D eigenvalue weighted by Crippen LogP contribution is 2.27. The average Bonchev–Trinajstić information content (AvgIpc) is 3.27. The first-order valence-electron chi connectivity index (χ1n) is 12.6. The second kappa shape index (κ2) is 12.7. The molecule has 4 rings (SSSR count). The van der Waals surface area contributed by atoms with Gasteiger partial charge in [-0.3, -0.25) is 10.2 Å². The summed E-state index contributed by atoms with van der Waals surface area (Å²) in [6.45, 7) is 8.07. The van der Waals surface area contributed by atoms with Crippen LogP contribution in [0.15, 0.2) is 35.2 Å². The molecule has 1 fully saturated rings. The Morgan fingerprint density at radius 3 is 2.49 bits per heavy atom. The summed E-state index contributed by atoms with van der Waals surface area (Å²) in [7, 11) is -3.26. The van der Waals surface area contributed by atoms with Crippen LogP contribution in [0.3, 0.4) is 0 Å². The number of nitrogens with zero attached hydrogens (tertiary/aromatic N) is 5. The third kappa shape index (κ3) is 7.62. The van der Waals surface area contributed by atoms with Crippen LogP contribution in [0.25, 0.3) is 0 Å². The Hall–Kier alpha value is -3.33. The van der Waals surface area contributed by atoms with E-state index in [1.807, 2.05) is 6.07 Å². The second-order valence-electron chi connectivity index (χ2n) is 9.04. The molecule has 0 amide bonds. The number of nitrogens with one attached hydrogen (secondary N) is 2. The summed E-state index contributed by atoms with van der Waals surface area (Å²) < 4.78 is 28.6. The Morgan fingerprint density at radius 1 is 1.13 bits per heavy atom. The van der Waals surface area contributed by atoms with Crippen molar-refractivity contribution < 1.29 is 23.1 Å². The minimum atomic E-state index is -3.26. The lowest BCUT2D eigenvalue weighted by Crippen LogP contribution is -2.47. The summed E-state index contributed by atoms with van der Waals surface area (Å²) in [6, 6.07) is 8.57. The van der Waals surface area contributed by atoms with Crippen LogP contribution in [0.2, 0.25) is 0 Å². The zero-order valence-corrected chi connectivity index (χ0v) is 23.8. The fourth-order valence-corrected chi connectivity index (χ4v) is 5.55. The first-order chi connectivity index (χ1) is 18.7. The first-order valence-corrected chi connectivity index (χ1v) is 15.3. The van der Waals surface area contributed by atoms with Gasteiger partial charge in [0.15, 0.2) is 15.0 Å². The molecule has 0 unspecified atom stereocenters. The highest BCUT2D eigenvalue weighted by Gasteiger charge is 2.21. The van der Waals surface area contributed by atoms with E-state index in [9.17, 15) is 18.3 Å². The lowest BCUT2D eigenvalue weighted by Gasteiger charge is -2.35. The number of carbonyl (C=O) groups excluding carboxylic acids is 1. The minimum absolute atomic E-state index is 0.127. The fourth-order valence-electron chi connectivity index (χ4n) is 4.06. The number of esters is 1. The number of ether oxygens (including phenoxy) is 1. The van der Waals surface area contributed by atoms with Gasteiger partial charge in [0.2, 0.25) is 5.95 Å². The van der Waals surface area contributed by atoms with Gasteiger partial charge in [-0.25, -0.2) is 18.2 Å². The minimum Gasteiger partial charge on any atom is -0.462 e. The molecule has 12 nitrogen and oxygen atoms in total. The quantitative estimate of drug-likeness (QED) is 0.288. The Bertz CT molecular complexity index is 1390. The smallest absolute Gasteiger partial charge is 0.350 e. The second-order valence-corrected chi connectivity index (χ2v) is 12.1. The Labute approximate surface area is 232 Å². The Morgan fingerprint density at radius 2 is 1.85 bits per heavy atom. The van der Waals surface area contributed by atoms with Crippen molar-refractivity contribution in [2.45, 2.75) is 25.3 Å². The van der Waals surface area contributed by atoms with Crippen LogP contribution in [-0.2, 0) is 21.1 Å². The predicted octanol–water partition coefficient (Wildman–Crippen LogP) is 2.29. The summed E-state index contributed by atoms with van der Waals surface area (Å²) >= 11 is 1.18. The van der Waals surface area contributed by atoms with E-state index in [1.54, 1.807) is 38.1 Å². The summed E-state index contributed by atoms with van der Waals surface area (Å²) in [5.41, 5.74) is 1.46. The number of aliphatic hydroxyl groups is 1. The molecule has 0 radical (unpaired) electrons. The largest absolute Gasteiger partial charge is 0.462 e. The van der Waals surface area contributed by atoms with Gasteiger partial charge in [0, 0.05) is 51.6 Å². The number of rotatable bonds is 11. The molecule has 14 heteroatoms. The number of carbonyl (C=O) groups is 1. The summed E-state index contributed by atoms with van der Waals surface area (Å²) in [5.74, 6) is 1.21. The SMILES string of the molecule is CCOC(=O)c1sc(Nc2nc(NCc3ccc(S(C)(=O)=O)cc3)cc(N3CCN(CCO)CC3)n2)nc1C. The van der Waals surface area contributed by atoms with Crippen molar-refractivity contribution in [2.75, 3.05) is 67.7 Å². The highest BCUT2D eigenvalue weighted by molar-refractivity contribution is 7.90. The summed E-state index contributed by atoms with van der Waals surface area (Å²) in [6.07, 6.45) is 1.18. The number of aromatic nitrogens is 3. The molecule has 2 aromatic heterocycles. The number of hydrogen-bond acceptors (Lipinski definition) is 13. The topological polar surface area (TPSA) is 150 Å². The number of thiazole rings is 1. The summed E-state index contributed by atoms with van der Waals surface area (Å²) in [5, 5.41) is 16.2. The number of anilines is 4. The van der Waals surface area contributed by atoms with Crippen LogP contribution in [0, 0.1) is 6.92 Å². The molecule has 210 valence electrons. The zero-order valence-electron chi connectivity index (χ0n) is 22.2. The number of hydrogen-bond donors (Lipinski definition) is 3. The van der Waals surface area contributed by atoms with Gasteiger partial charge in [-0.2, -0.15) is 9.97 Å². The van der Waals surface area contributed by atoms with Crippen molar-refractivity contribution in [3.63, 3.8) is 0 Å². The van der Waals surface area contributed by atoms with Crippen molar-refractivity contribution in [3.05, 3.63) is 46.5 Å². The van der Waals surface area contributed by atoms with Crippen molar-refractivity contribution in [2.24, 2.45) is 0 Å². The maximum atomic E-state index is 12.2. The number of aliphatic hydroxyl groups excluding tert-OH is 1. The molecule has 1 aliphatic heterocycles. The van der Waals surface area contributed by atoms with Gasteiger partial charge in [0.05, 0.1) is 23.8 Å². The van der Waals surface area contributed by atoms with E-state index in [-0.39, 0.29) is 18.1 Å². The normalized spacial score (nSPS) is 14.3. The standard InChI is InChI=1S/C25H33N7O5S2/c1-4-37-23(34)22-17(2)27-25(38-22)30-24-28-20(26-16-18-5-7-19(8-6-18)39(3,35)36)15-21(29-24)32-11-9-31(10-12-32)13-14-33/h5-8,15,33H,4,9-14,16H2,1-3H3,(H2,26,27,28,29,30). The van der Waals surface area contributed by atoms with Gasteiger partial charge >= 0.3 is 5.97 Å². The average molecular weight is 576 g/mol. The molecule has 1 aromatic carbocycles. The number of β-amino-alcohol motifs (C(OH)–C–C–N with tert-alkyl or cyclic N) is 1. The molecule has 1 saturated heterocycles. The van der Waals surface area contributed by atoms with Crippen molar-refractivity contribution >= 4 is 49.9 Å². The van der Waals surface area contributed by atoms with Crippen LogP contribution < -0.4 is 15.5 Å². The van der Waals surface area contributed by atoms with E-state index in [2.05, 4.69) is 30.4 Å². The third-order valence-corrected chi connectivity index (χ3v) is 8.31. The number of sulfone groups is 1. The molecule has 3 N–H and O–H groups in total. The molecule has 0 bridgehead atoms.